The van der Waals surface area contributed by atoms with Crippen molar-refractivity contribution < 1.29 is 54.9 Å². The van der Waals surface area contributed by atoms with E-state index in [4.69, 9.17) is 18.9 Å². The maximum Gasteiger partial charge on any atom is 0.416 e. The number of carbonyl (C=O) groups excluding carboxylic acids is 2. The number of ether oxygens (including phenoxy) is 4. The molecule has 0 radical (unpaired) electrons. The van der Waals surface area contributed by atoms with Crippen LogP contribution in [-0.4, -0.2) is 50.6 Å². The number of rotatable bonds is 10. The van der Waals surface area contributed by atoms with E-state index >= 15 is 0 Å². The Morgan fingerprint density at radius 3 is 2.09 bits per heavy atom. The van der Waals surface area contributed by atoms with E-state index in [1.54, 1.807) is 19.9 Å². The molecule has 2 aromatic rings. The maximum atomic E-state index is 13.6. The average Bonchev–Trinajstić information content (AvgIpc) is 2.96. The Hall–Kier alpha value is -3.84. The van der Waals surface area contributed by atoms with E-state index in [1.165, 1.54) is 18.1 Å². The van der Waals surface area contributed by atoms with Crippen LogP contribution in [0.4, 0.5) is 41.6 Å². The van der Waals surface area contributed by atoms with Crippen molar-refractivity contribution in [3.63, 3.8) is 0 Å². The van der Waals surface area contributed by atoms with Crippen LogP contribution in [0.3, 0.4) is 0 Å². The second-order valence-electron chi connectivity index (χ2n) is 10.3. The average molecular weight is 635 g/mol. The SMILES string of the molecule is CCCCCOc1cc2c(cc1OC)[C@H](N(Cc1cc(C(F)(F)F)cc(C(F)(F)F)c1)C(=O)OC)C[C@H](C)N2C(=O)OCC. The molecule has 1 aliphatic heterocycles. The molecule has 0 fully saturated rings. The molecule has 2 atom stereocenters. The number of alkyl halides is 6. The molecule has 0 unspecified atom stereocenters. The third-order valence-electron chi connectivity index (χ3n) is 7.19. The fourth-order valence-electron chi connectivity index (χ4n) is 5.13. The summed E-state index contributed by atoms with van der Waals surface area (Å²) in [5.74, 6) is 0.564. The van der Waals surface area contributed by atoms with Gasteiger partial charge < -0.3 is 18.9 Å². The van der Waals surface area contributed by atoms with Gasteiger partial charge >= 0.3 is 24.5 Å². The molecule has 0 saturated carbocycles. The Balaban J connectivity index is 2.18. The number of benzene rings is 2. The van der Waals surface area contributed by atoms with Gasteiger partial charge in [-0.1, -0.05) is 19.8 Å². The third-order valence-corrected chi connectivity index (χ3v) is 7.19. The highest BCUT2D eigenvalue weighted by Crippen LogP contribution is 2.47. The summed E-state index contributed by atoms with van der Waals surface area (Å²) < 4.78 is 103. The molecule has 44 heavy (non-hydrogen) atoms. The molecule has 14 heteroatoms. The Kier molecular flexibility index (Phi) is 11.3. The molecular formula is C30H36F6N2O6. The second-order valence-corrected chi connectivity index (χ2v) is 10.3. The van der Waals surface area contributed by atoms with Crippen LogP contribution < -0.4 is 14.4 Å². The molecule has 0 N–H and O–H groups in total. The number of nitrogens with zero attached hydrogens (tertiary/aromatic N) is 2. The molecule has 8 nitrogen and oxygen atoms in total. The zero-order valence-electron chi connectivity index (χ0n) is 25.1. The fourth-order valence-corrected chi connectivity index (χ4v) is 5.13. The van der Waals surface area contributed by atoms with Gasteiger partial charge in [0, 0.05) is 24.2 Å². The normalized spacial score (nSPS) is 16.7. The van der Waals surface area contributed by atoms with Gasteiger partial charge in [-0.3, -0.25) is 9.80 Å². The van der Waals surface area contributed by atoms with Crippen molar-refractivity contribution in [2.24, 2.45) is 0 Å². The van der Waals surface area contributed by atoms with Gasteiger partial charge in [-0.15, -0.1) is 0 Å². The van der Waals surface area contributed by atoms with Crippen LogP contribution >= 0.6 is 0 Å². The number of anilines is 1. The summed E-state index contributed by atoms with van der Waals surface area (Å²) in [6, 6.07) is 2.68. The van der Waals surface area contributed by atoms with E-state index in [0.29, 0.717) is 30.1 Å². The predicted octanol–water partition coefficient (Wildman–Crippen LogP) is 8.37. The van der Waals surface area contributed by atoms with Gasteiger partial charge in [0.2, 0.25) is 0 Å². The van der Waals surface area contributed by atoms with Crippen LogP contribution in [0, 0.1) is 0 Å². The smallest absolute Gasteiger partial charge is 0.416 e. The summed E-state index contributed by atoms with van der Waals surface area (Å²) in [6.45, 7) is 5.12. The quantitative estimate of drug-likeness (QED) is 0.193. The molecule has 1 aliphatic rings. The number of fused-ring (bicyclic) bond motifs is 1. The first-order valence-electron chi connectivity index (χ1n) is 14.1. The Morgan fingerprint density at radius 1 is 0.932 bits per heavy atom. The number of carbonyl (C=O) groups is 2. The first-order valence-corrected chi connectivity index (χ1v) is 14.1. The van der Waals surface area contributed by atoms with E-state index in [1.807, 2.05) is 6.92 Å². The van der Waals surface area contributed by atoms with Gasteiger partial charge in [0.1, 0.15) is 0 Å². The first kappa shape index (κ1) is 34.6. The van der Waals surface area contributed by atoms with E-state index in [-0.39, 0.29) is 30.5 Å². The lowest BCUT2D eigenvalue weighted by molar-refractivity contribution is -0.143. The van der Waals surface area contributed by atoms with Crippen molar-refractivity contribution in [1.29, 1.82) is 0 Å². The van der Waals surface area contributed by atoms with Gasteiger partial charge in [0.15, 0.2) is 11.5 Å². The van der Waals surface area contributed by atoms with Gasteiger partial charge in [-0.2, -0.15) is 26.3 Å². The molecule has 2 amide bonds. The van der Waals surface area contributed by atoms with Crippen LogP contribution in [0.2, 0.25) is 0 Å². The molecule has 0 spiro atoms. The topological polar surface area (TPSA) is 77.5 Å². The van der Waals surface area contributed by atoms with Crippen molar-refractivity contribution in [2.45, 2.75) is 77.4 Å². The van der Waals surface area contributed by atoms with Crippen LogP contribution in [0.1, 0.15) is 74.8 Å². The van der Waals surface area contributed by atoms with Crippen LogP contribution in [-0.2, 0) is 28.4 Å². The fraction of sp³-hybridized carbons (Fsp3) is 0.533. The van der Waals surface area contributed by atoms with Crippen molar-refractivity contribution in [1.82, 2.24) is 4.90 Å². The van der Waals surface area contributed by atoms with Gasteiger partial charge in [-0.25, -0.2) is 9.59 Å². The molecule has 1 heterocycles. The number of hydrogen-bond acceptors (Lipinski definition) is 6. The van der Waals surface area contributed by atoms with Gasteiger partial charge in [0.25, 0.3) is 0 Å². The van der Waals surface area contributed by atoms with Crippen molar-refractivity contribution in [3.8, 4) is 11.5 Å². The number of unbranched alkanes of at least 4 members (excludes halogenated alkanes) is 2. The second kappa shape index (κ2) is 14.3. The van der Waals surface area contributed by atoms with Crippen LogP contribution in [0.25, 0.3) is 0 Å². The minimum absolute atomic E-state index is 0.0219. The van der Waals surface area contributed by atoms with Crippen molar-refractivity contribution >= 4 is 17.9 Å². The summed E-state index contributed by atoms with van der Waals surface area (Å²) in [7, 11) is 2.44. The zero-order valence-corrected chi connectivity index (χ0v) is 25.1. The molecule has 0 bridgehead atoms. The Morgan fingerprint density at radius 2 is 1.57 bits per heavy atom. The number of halogens is 6. The molecule has 2 aromatic carbocycles. The number of methoxy groups -OCH3 is 2. The molecule has 0 saturated heterocycles. The molecular weight excluding hydrogens is 598 g/mol. The predicted molar refractivity (Wildman–Crippen MR) is 149 cm³/mol. The monoisotopic (exact) mass is 634 g/mol. The lowest BCUT2D eigenvalue weighted by Gasteiger charge is -2.42. The molecule has 3 rings (SSSR count). The summed E-state index contributed by atoms with van der Waals surface area (Å²) in [5, 5.41) is 0. The minimum atomic E-state index is -5.07. The number of amides is 2. The summed E-state index contributed by atoms with van der Waals surface area (Å²) in [5.41, 5.74) is -2.81. The summed E-state index contributed by atoms with van der Waals surface area (Å²) >= 11 is 0. The molecule has 0 aliphatic carbocycles. The van der Waals surface area contributed by atoms with E-state index in [0.717, 1.165) is 31.3 Å². The van der Waals surface area contributed by atoms with Crippen LogP contribution in [0.15, 0.2) is 30.3 Å². The minimum Gasteiger partial charge on any atom is -0.493 e. The van der Waals surface area contributed by atoms with E-state index < -0.39 is 59.9 Å². The third kappa shape index (κ3) is 8.00. The lowest BCUT2D eigenvalue weighted by Crippen LogP contribution is -2.47. The van der Waals surface area contributed by atoms with Gasteiger partial charge in [0.05, 0.1) is 50.3 Å². The molecule has 0 aromatic heterocycles. The highest BCUT2D eigenvalue weighted by Gasteiger charge is 2.42. The summed E-state index contributed by atoms with van der Waals surface area (Å²) in [6.07, 6.45) is -9.14. The Labute approximate surface area is 251 Å². The van der Waals surface area contributed by atoms with E-state index in [2.05, 4.69) is 0 Å². The standard InChI is InChI=1S/C30H36F6N2O6/c1-6-8-9-10-44-26-16-24-22(15-25(26)41-4)23(11-18(3)38(24)28(40)43-7-2)37(27(39)42-5)17-19-12-20(29(31,32)33)14-21(13-19)30(34,35)36/h12-16,18,23H,6-11,17H2,1-5H3/t18-,23+/m0/s1. The lowest BCUT2D eigenvalue weighted by atomic mass is 9.90. The van der Waals surface area contributed by atoms with Gasteiger partial charge in [-0.05, 0) is 56.5 Å². The first-order chi connectivity index (χ1) is 20.7. The largest absolute Gasteiger partial charge is 0.493 e. The zero-order chi connectivity index (χ0) is 32.8. The highest BCUT2D eigenvalue weighted by atomic mass is 19.4. The van der Waals surface area contributed by atoms with Crippen molar-refractivity contribution in [2.75, 3.05) is 32.3 Å². The van der Waals surface area contributed by atoms with E-state index in [9.17, 15) is 35.9 Å². The highest BCUT2D eigenvalue weighted by molar-refractivity contribution is 5.91. The number of hydrogen-bond donors (Lipinski definition) is 0. The van der Waals surface area contributed by atoms with Crippen LogP contribution in [0.5, 0.6) is 11.5 Å². The molecule has 244 valence electrons. The Bertz CT molecular complexity index is 1280. The van der Waals surface area contributed by atoms with Crippen molar-refractivity contribution in [3.05, 3.63) is 52.6 Å². The summed E-state index contributed by atoms with van der Waals surface area (Å²) in [4.78, 5) is 28.6. The maximum absolute atomic E-state index is 13.6.